The molecule has 10 heteroatoms. The largest absolute Gasteiger partial charge is 0.466 e. The van der Waals surface area contributed by atoms with Crippen LogP contribution in [0.3, 0.4) is 0 Å². The van der Waals surface area contributed by atoms with Gasteiger partial charge in [-0.15, -0.1) is 0 Å². The number of hydrogen-bond donors (Lipinski definition) is 3. The molecule has 2 aromatic rings. The number of rotatable bonds is 5. The number of nitrogens with one attached hydrogen (secondary N) is 3. The van der Waals surface area contributed by atoms with Gasteiger partial charge in [-0.05, 0) is 39.0 Å². The van der Waals surface area contributed by atoms with Gasteiger partial charge < -0.3 is 4.42 Å². The Morgan fingerprint density at radius 2 is 1.81 bits per heavy atom. The maximum absolute atomic E-state index is 13.6. The molecule has 0 bridgehead atoms. The van der Waals surface area contributed by atoms with Gasteiger partial charge in [-0.25, -0.2) is 12.8 Å². The Labute approximate surface area is 149 Å². The molecule has 26 heavy (non-hydrogen) atoms. The van der Waals surface area contributed by atoms with Crippen molar-refractivity contribution in [1.29, 1.82) is 0 Å². The molecular weight excluding hydrogens is 365 g/mol. The SMILES string of the molecule is Cc1cc(C(=O)NNC(=O)[C@@H](C)NS(=O)(=O)c2ccccc2F)c(C)o1. The third-order valence-corrected chi connectivity index (χ3v) is 5.01. The molecule has 0 aliphatic carbocycles. The van der Waals surface area contributed by atoms with Gasteiger partial charge in [-0.3, -0.25) is 20.4 Å². The summed E-state index contributed by atoms with van der Waals surface area (Å²) in [5, 5.41) is 0. The summed E-state index contributed by atoms with van der Waals surface area (Å²) in [4.78, 5) is 23.4. The molecule has 0 unspecified atom stereocenters. The van der Waals surface area contributed by atoms with Gasteiger partial charge in [0.25, 0.3) is 11.8 Å². The molecule has 1 aromatic heterocycles. The van der Waals surface area contributed by atoms with Crippen molar-refractivity contribution in [3.05, 3.63) is 53.2 Å². The number of furan rings is 1. The molecular formula is C16H18FN3O5S. The molecule has 0 fully saturated rings. The molecule has 0 saturated heterocycles. The van der Waals surface area contributed by atoms with Gasteiger partial charge in [0.15, 0.2) is 0 Å². The average Bonchev–Trinajstić information content (AvgIpc) is 2.90. The van der Waals surface area contributed by atoms with E-state index >= 15 is 0 Å². The third kappa shape index (κ3) is 4.46. The second-order valence-electron chi connectivity index (χ2n) is 5.54. The van der Waals surface area contributed by atoms with Crippen molar-refractivity contribution >= 4 is 21.8 Å². The molecule has 0 radical (unpaired) electrons. The highest BCUT2D eigenvalue weighted by molar-refractivity contribution is 7.89. The Morgan fingerprint density at radius 1 is 1.15 bits per heavy atom. The van der Waals surface area contributed by atoms with Gasteiger partial charge in [0.2, 0.25) is 10.0 Å². The van der Waals surface area contributed by atoms with Crippen LogP contribution in [0.1, 0.15) is 28.8 Å². The quantitative estimate of drug-likeness (QED) is 0.670. The standard InChI is InChI=1S/C16H18FN3O5S/c1-9-8-12(11(3)25-9)16(22)19-18-15(21)10(2)20-26(23,24)14-7-5-4-6-13(14)17/h4-8,10,20H,1-3H3,(H,18,21)(H,19,22)/t10-/m1/s1. The van der Waals surface area contributed by atoms with E-state index in [1.165, 1.54) is 25.1 Å². The van der Waals surface area contributed by atoms with E-state index in [1.807, 2.05) is 4.72 Å². The van der Waals surface area contributed by atoms with E-state index in [1.54, 1.807) is 13.8 Å². The van der Waals surface area contributed by atoms with E-state index in [-0.39, 0.29) is 5.56 Å². The highest BCUT2D eigenvalue weighted by Crippen LogP contribution is 2.14. The first-order valence-corrected chi connectivity index (χ1v) is 9.04. The van der Waals surface area contributed by atoms with Gasteiger partial charge >= 0.3 is 0 Å². The summed E-state index contributed by atoms with van der Waals surface area (Å²) in [5.41, 5.74) is 4.51. The smallest absolute Gasteiger partial charge is 0.273 e. The number of carbonyl (C=O) groups is 2. The van der Waals surface area contributed by atoms with E-state index in [0.717, 1.165) is 12.1 Å². The highest BCUT2D eigenvalue weighted by atomic mass is 32.2. The van der Waals surface area contributed by atoms with Crippen LogP contribution in [0.2, 0.25) is 0 Å². The first-order chi connectivity index (χ1) is 12.1. The number of hydrogen-bond acceptors (Lipinski definition) is 5. The molecule has 0 spiro atoms. The lowest BCUT2D eigenvalue weighted by Gasteiger charge is -2.15. The fraction of sp³-hybridized carbons (Fsp3) is 0.250. The van der Waals surface area contributed by atoms with Crippen molar-refractivity contribution < 1.29 is 26.8 Å². The summed E-state index contributed by atoms with van der Waals surface area (Å²) in [6, 6.07) is 5.02. The molecule has 1 aromatic carbocycles. The minimum atomic E-state index is -4.24. The predicted octanol–water partition coefficient (Wildman–Crippen LogP) is 1.16. The summed E-state index contributed by atoms with van der Waals surface area (Å²) in [6.45, 7) is 4.52. The van der Waals surface area contributed by atoms with Crippen LogP contribution in [0.25, 0.3) is 0 Å². The Morgan fingerprint density at radius 3 is 2.38 bits per heavy atom. The molecule has 1 heterocycles. The summed E-state index contributed by atoms with van der Waals surface area (Å²) < 4.78 is 45.2. The van der Waals surface area contributed by atoms with Crippen LogP contribution in [0.5, 0.6) is 0 Å². The van der Waals surface area contributed by atoms with E-state index in [2.05, 4.69) is 10.9 Å². The summed E-state index contributed by atoms with van der Waals surface area (Å²) in [6.07, 6.45) is 0. The summed E-state index contributed by atoms with van der Waals surface area (Å²) in [7, 11) is -4.24. The highest BCUT2D eigenvalue weighted by Gasteiger charge is 2.25. The van der Waals surface area contributed by atoms with Crippen LogP contribution >= 0.6 is 0 Å². The van der Waals surface area contributed by atoms with Crippen molar-refractivity contribution in [2.24, 2.45) is 0 Å². The predicted molar refractivity (Wildman–Crippen MR) is 90.0 cm³/mol. The Hall–Kier alpha value is -2.72. The molecule has 0 aliphatic heterocycles. The van der Waals surface area contributed by atoms with Crippen molar-refractivity contribution in [2.75, 3.05) is 0 Å². The van der Waals surface area contributed by atoms with E-state index in [9.17, 15) is 22.4 Å². The number of amides is 2. The number of hydrazine groups is 1. The fourth-order valence-electron chi connectivity index (χ4n) is 2.16. The topological polar surface area (TPSA) is 118 Å². The van der Waals surface area contributed by atoms with Gasteiger partial charge in [0.05, 0.1) is 11.6 Å². The monoisotopic (exact) mass is 383 g/mol. The zero-order valence-electron chi connectivity index (χ0n) is 14.3. The van der Waals surface area contributed by atoms with E-state index in [0.29, 0.717) is 11.5 Å². The molecule has 140 valence electrons. The van der Waals surface area contributed by atoms with Gasteiger partial charge in [0.1, 0.15) is 22.2 Å². The van der Waals surface area contributed by atoms with Crippen LogP contribution in [0, 0.1) is 19.7 Å². The number of sulfonamides is 1. The second kappa shape index (κ2) is 7.67. The summed E-state index contributed by atoms with van der Waals surface area (Å²) in [5.74, 6) is -1.47. The van der Waals surface area contributed by atoms with Crippen molar-refractivity contribution in [2.45, 2.75) is 31.7 Å². The molecule has 2 rings (SSSR count). The van der Waals surface area contributed by atoms with Crippen molar-refractivity contribution in [3.8, 4) is 0 Å². The number of benzene rings is 1. The molecule has 0 saturated carbocycles. The molecule has 0 aliphatic rings. The average molecular weight is 383 g/mol. The van der Waals surface area contributed by atoms with E-state index in [4.69, 9.17) is 4.42 Å². The van der Waals surface area contributed by atoms with Gasteiger partial charge in [-0.1, -0.05) is 12.1 Å². The Balaban J connectivity index is 1.98. The van der Waals surface area contributed by atoms with Gasteiger partial charge in [-0.2, -0.15) is 4.72 Å². The number of halogens is 1. The molecule has 1 atom stereocenters. The zero-order valence-corrected chi connectivity index (χ0v) is 15.1. The van der Waals surface area contributed by atoms with Crippen LogP contribution < -0.4 is 15.6 Å². The molecule has 2 amide bonds. The minimum absolute atomic E-state index is 0.238. The minimum Gasteiger partial charge on any atom is -0.466 e. The number of carbonyl (C=O) groups excluding carboxylic acids is 2. The lowest BCUT2D eigenvalue weighted by atomic mass is 10.2. The first kappa shape index (κ1) is 19.6. The second-order valence-corrected chi connectivity index (χ2v) is 7.23. The third-order valence-electron chi connectivity index (χ3n) is 3.44. The van der Waals surface area contributed by atoms with Crippen LogP contribution in [0.4, 0.5) is 4.39 Å². The van der Waals surface area contributed by atoms with Crippen LogP contribution in [0.15, 0.2) is 39.6 Å². The van der Waals surface area contributed by atoms with Crippen molar-refractivity contribution in [3.63, 3.8) is 0 Å². The molecule has 8 nitrogen and oxygen atoms in total. The van der Waals surface area contributed by atoms with E-state index < -0.39 is 38.6 Å². The lowest BCUT2D eigenvalue weighted by Crippen LogP contribution is -2.51. The van der Waals surface area contributed by atoms with Crippen LogP contribution in [-0.4, -0.2) is 26.3 Å². The van der Waals surface area contributed by atoms with Crippen LogP contribution in [-0.2, 0) is 14.8 Å². The summed E-state index contributed by atoms with van der Waals surface area (Å²) >= 11 is 0. The molecule has 3 N–H and O–H groups in total. The fourth-order valence-corrected chi connectivity index (χ4v) is 3.44. The lowest BCUT2D eigenvalue weighted by molar-refractivity contribution is -0.123. The Kier molecular flexibility index (Phi) is 5.78. The van der Waals surface area contributed by atoms with Gasteiger partial charge in [0, 0.05) is 0 Å². The normalized spacial score (nSPS) is 12.5. The Bertz CT molecular complexity index is 939. The maximum atomic E-state index is 13.6. The zero-order chi connectivity index (χ0) is 19.5. The number of aryl methyl sites for hydroxylation is 2. The van der Waals surface area contributed by atoms with Crippen molar-refractivity contribution in [1.82, 2.24) is 15.6 Å². The first-order valence-electron chi connectivity index (χ1n) is 7.56. The maximum Gasteiger partial charge on any atom is 0.273 e.